The van der Waals surface area contributed by atoms with Crippen molar-refractivity contribution in [2.45, 2.75) is 0 Å². The molecule has 0 atom stereocenters. The van der Waals surface area contributed by atoms with Gasteiger partial charge in [-0.2, -0.15) is 0 Å². The normalized spacial score (nSPS) is 11.9. The maximum absolute atomic E-state index is 4.82. The van der Waals surface area contributed by atoms with Crippen LogP contribution in [0.5, 0.6) is 0 Å². The fourth-order valence-corrected chi connectivity index (χ4v) is 9.20. The zero-order chi connectivity index (χ0) is 33.5. The van der Waals surface area contributed by atoms with Crippen molar-refractivity contribution in [1.82, 2.24) is 19.1 Å². The van der Waals surface area contributed by atoms with Gasteiger partial charge in [-0.15, -0.1) is 11.3 Å². The Morgan fingerprint density at radius 2 is 1.00 bits per heavy atom. The molecule has 238 valence electrons. The molecule has 7 aromatic carbocycles. The highest BCUT2D eigenvalue weighted by Crippen LogP contribution is 2.44. The van der Waals surface area contributed by atoms with Crippen LogP contribution in [0.15, 0.2) is 170 Å². The molecule has 4 aromatic heterocycles. The average molecular weight is 669 g/mol. The van der Waals surface area contributed by atoms with E-state index in [2.05, 4.69) is 178 Å². The molecule has 0 amide bonds. The van der Waals surface area contributed by atoms with Crippen LogP contribution in [0.1, 0.15) is 0 Å². The number of hydrogen-bond donors (Lipinski definition) is 0. The lowest BCUT2D eigenvalue weighted by Gasteiger charge is -2.09. The monoisotopic (exact) mass is 668 g/mol. The molecule has 0 fully saturated rings. The maximum atomic E-state index is 4.82. The van der Waals surface area contributed by atoms with E-state index in [1.807, 2.05) is 0 Å². The Kier molecular flexibility index (Phi) is 6.09. The number of aromatic nitrogens is 4. The highest BCUT2D eigenvalue weighted by atomic mass is 32.1. The second kappa shape index (κ2) is 11.0. The summed E-state index contributed by atoms with van der Waals surface area (Å²) >= 11 is 1.76. The molecule has 0 aliphatic heterocycles. The van der Waals surface area contributed by atoms with Crippen LogP contribution in [0, 0.1) is 0 Å². The van der Waals surface area contributed by atoms with Gasteiger partial charge in [-0.05, 0) is 77.9 Å². The minimum Gasteiger partial charge on any atom is -0.309 e. The standard InChI is InChI=1S/C46H28N4S/c1-3-14-32(15-4-1)49-37-20-9-7-18-34(37)42-39(49)24-25-40-43(42)36-27-30(22-23-38(36)50(40)33-16-5-2-6-17-33)29-12-11-13-31(26-29)44-46-45(48-28-47-44)35-19-8-10-21-41(35)51-46/h1-28H. The molecule has 4 heterocycles. The van der Waals surface area contributed by atoms with Crippen LogP contribution in [0.2, 0.25) is 0 Å². The van der Waals surface area contributed by atoms with Crippen molar-refractivity contribution in [2.75, 3.05) is 0 Å². The lowest BCUT2D eigenvalue weighted by Crippen LogP contribution is -1.94. The number of para-hydroxylation sites is 3. The van der Waals surface area contributed by atoms with Crippen LogP contribution in [0.4, 0.5) is 0 Å². The van der Waals surface area contributed by atoms with Gasteiger partial charge in [-0.1, -0.05) is 97.1 Å². The summed E-state index contributed by atoms with van der Waals surface area (Å²) in [7, 11) is 0. The second-order valence-electron chi connectivity index (χ2n) is 13.0. The number of thiophene rings is 1. The van der Waals surface area contributed by atoms with Gasteiger partial charge in [0.15, 0.2) is 0 Å². The Balaban J connectivity index is 1.19. The summed E-state index contributed by atoms with van der Waals surface area (Å²) in [6, 6.07) is 59.0. The number of benzene rings is 7. The second-order valence-corrected chi connectivity index (χ2v) is 14.1. The van der Waals surface area contributed by atoms with Gasteiger partial charge in [0, 0.05) is 48.6 Å². The smallest absolute Gasteiger partial charge is 0.116 e. The molecule has 4 nitrogen and oxygen atoms in total. The third kappa shape index (κ3) is 4.19. The molecule has 0 bridgehead atoms. The van der Waals surface area contributed by atoms with E-state index in [0.29, 0.717) is 0 Å². The number of hydrogen-bond acceptors (Lipinski definition) is 3. The highest BCUT2D eigenvalue weighted by Gasteiger charge is 2.21. The summed E-state index contributed by atoms with van der Waals surface area (Å²) in [6.45, 7) is 0. The van der Waals surface area contributed by atoms with Gasteiger partial charge in [0.1, 0.15) is 6.33 Å². The zero-order valence-electron chi connectivity index (χ0n) is 27.4. The van der Waals surface area contributed by atoms with E-state index in [0.717, 1.165) is 38.4 Å². The van der Waals surface area contributed by atoms with Crippen molar-refractivity contribution in [3.8, 4) is 33.8 Å². The molecule has 0 saturated carbocycles. The molecular weight excluding hydrogens is 641 g/mol. The largest absolute Gasteiger partial charge is 0.309 e. The van der Waals surface area contributed by atoms with Crippen LogP contribution >= 0.6 is 11.3 Å². The lowest BCUT2D eigenvalue weighted by atomic mass is 9.98. The van der Waals surface area contributed by atoms with E-state index in [4.69, 9.17) is 4.98 Å². The topological polar surface area (TPSA) is 35.6 Å². The minimum atomic E-state index is 0.972. The van der Waals surface area contributed by atoms with Crippen LogP contribution < -0.4 is 0 Å². The number of fused-ring (bicyclic) bond motifs is 10. The van der Waals surface area contributed by atoms with Crippen molar-refractivity contribution in [3.05, 3.63) is 170 Å². The molecule has 0 aliphatic rings. The first-order valence-electron chi connectivity index (χ1n) is 17.2. The Bertz CT molecular complexity index is 3130. The summed E-state index contributed by atoms with van der Waals surface area (Å²) in [5, 5.41) is 6.19. The molecule has 0 spiro atoms. The Hall–Kier alpha value is -6.56. The number of nitrogens with zero attached hydrogens (tertiary/aromatic N) is 4. The van der Waals surface area contributed by atoms with Gasteiger partial charge < -0.3 is 9.13 Å². The Morgan fingerprint density at radius 3 is 1.76 bits per heavy atom. The van der Waals surface area contributed by atoms with Crippen molar-refractivity contribution >= 4 is 75.3 Å². The van der Waals surface area contributed by atoms with E-state index in [9.17, 15) is 0 Å². The first-order valence-corrected chi connectivity index (χ1v) is 18.0. The average Bonchev–Trinajstić information content (AvgIpc) is 3.86. The van der Waals surface area contributed by atoms with Crippen LogP contribution in [0.25, 0.3) is 97.7 Å². The molecule has 0 aliphatic carbocycles. The van der Waals surface area contributed by atoms with Gasteiger partial charge in [0.25, 0.3) is 0 Å². The maximum Gasteiger partial charge on any atom is 0.116 e. The molecule has 0 saturated heterocycles. The van der Waals surface area contributed by atoms with Gasteiger partial charge >= 0.3 is 0 Å². The van der Waals surface area contributed by atoms with Crippen LogP contribution in [-0.2, 0) is 0 Å². The first-order chi connectivity index (χ1) is 25.3. The molecule has 11 aromatic rings. The van der Waals surface area contributed by atoms with Gasteiger partial charge in [0.05, 0.1) is 38.0 Å². The summed E-state index contributed by atoms with van der Waals surface area (Å²) < 4.78 is 7.16. The van der Waals surface area contributed by atoms with Crippen molar-refractivity contribution in [1.29, 1.82) is 0 Å². The molecule has 0 unspecified atom stereocenters. The molecule has 5 heteroatoms. The first kappa shape index (κ1) is 28.3. The third-order valence-electron chi connectivity index (χ3n) is 10.2. The summed E-state index contributed by atoms with van der Waals surface area (Å²) in [6.07, 6.45) is 1.70. The third-order valence-corrected chi connectivity index (χ3v) is 11.4. The SMILES string of the molecule is c1ccc(-n2c3ccccc3c3c4c5cc(-c6cccc(-c7ncnc8c7sc7ccccc78)c6)ccc5n(-c5ccccc5)c4ccc32)cc1. The summed E-state index contributed by atoms with van der Waals surface area (Å²) in [4.78, 5) is 9.51. The predicted octanol–water partition coefficient (Wildman–Crippen LogP) is 12.4. The molecule has 51 heavy (non-hydrogen) atoms. The van der Waals surface area contributed by atoms with Gasteiger partial charge in [0.2, 0.25) is 0 Å². The zero-order valence-corrected chi connectivity index (χ0v) is 28.2. The van der Waals surface area contributed by atoms with E-state index in [1.165, 1.54) is 59.3 Å². The van der Waals surface area contributed by atoms with Gasteiger partial charge in [-0.25, -0.2) is 9.97 Å². The molecule has 0 radical (unpaired) electrons. The van der Waals surface area contributed by atoms with E-state index in [1.54, 1.807) is 17.7 Å². The quantitative estimate of drug-likeness (QED) is 0.187. The van der Waals surface area contributed by atoms with Gasteiger partial charge in [-0.3, -0.25) is 0 Å². The Morgan fingerprint density at radius 1 is 0.412 bits per heavy atom. The lowest BCUT2D eigenvalue weighted by molar-refractivity contribution is 1.17. The van der Waals surface area contributed by atoms with Crippen LogP contribution in [0.3, 0.4) is 0 Å². The fraction of sp³-hybridized carbons (Fsp3) is 0. The van der Waals surface area contributed by atoms with Crippen molar-refractivity contribution in [3.63, 3.8) is 0 Å². The van der Waals surface area contributed by atoms with E-state index in [-0.39, 0.29) is 0 Å². The van der Waals surface area contributed by atoms with Crippen molar-refractivity contribution < 1.29 is 0 Å². The summed E-state index contributed by atoms with van der Waals surface area (Å²) in [5.41, 5.74) is 12.5. The number of rotatable bonds is 4. The molecular formula is C46H28N4S. The Labute approximate surface area is 297 Å². The fourth-order valence-electron chi connectivity index (χ4n) is 8.03. The molecule has 0 N–H and O–H groups in total. The highest BCUT2D eigenvalue weighted by molar-refractivity contribution is 7.26. The van der Waals surface area contributed by atoms with E-state index < -0.39 is 0 Å². The van der Waals surface area contributed by atoms with Crippen LogP contribution in [-0.4, -0.2) is 19.1 Å². The summed E-state index contributed by atoms with van der Waals surface area (Å²) in [5.74, 6) is 0. The molecule has 11 rings (SSSR count). The predicted molar refractivity (Wildman–Crippen MR) is 214 cm³/mol. The van der Waals surface area contributed by atoms with Crippen molar-refractivity contribution in [2.24, 2.45) is 0 Å². The van der Waals surface area contributed by atoms with E-state index >= 15 is 0 Å². The minimum absolute atomic E-state index is 0.972.